The molecule has 0 amide bonds. The summed E-state index contributed by atoms with van der Waals surface area (Å²) in [5.41, 5.74) is 0. The molecule has 0 spiro atoms. The van der Waals surface area contributed by atoms with Crippen molar-refractivity contribution in [2.45, 2.75) is 18.9 Å². The highest BCUT2D eigenvalue weighted by Crippen LogP contribution is 2.46. The van der Waals surface area contributed by atoms with Gasteiger partial charge in [-0.3, -0.25) is 4.79 Å². The predicted octanol–water partition coefficient (Wildman–Crippen LogP) is 0.157. The molecular weight excluding hydrogens is 142 g/mol. The maximum absolute atomic E-state index is 11.1. The van der Waals surface area contributed by atoms with E-state index in [9.17, 15) is 4.79 Å². The summed E-state index contributed by atoms with van der Waals surface area (Å²) in [6.07, 6.45) is 2.45. The van der Waals surface area contributed by atoms with Gasteiger partial charge in [0.1, 0.15) is 6.04 Å². The number of fused-ring (bicyclic) bond motifs is 1. The zero-order valence-electron chi connectivity index (χ0n) is 6.67. The Morgan fingerprint density at radius 2 is 2.45 bits per heavy atom. The van der Waals surface area contributed by atoms with Gasteiger partial charge in [0.15, 0.2) is 0 Å². The Kier molecular flexibility index (Phi) is 1.60. The second-order valence-electron chi connectivity index (χ2n) is 3.40. The van der Waals surface area contributed by atoms with Gasteiger partial charge in [0, 0.05) is 0 Å². The maximum atomic E-state index is 11.1. The summed E-state index contributed by atoms with van der Waals surface area (Å²) < 4.78 is 4.69. The minimum Gasteiger partial charge on any atom is -0.468 e. The summed E-state index contributed by atoms with van der Waals surface area (Å²) >= 11 is 0. The SMILES string of the molecule is COC(=O)[C@@H]1NCC[C@H]2C[C@H]21. The molecule has 0 unspecified atom stereocenters. The van der Waals surface area contributed by atoms with Gasteiger partial charge in [0.05, 0.1) is 7.11 Å². The van der Waals surface area contributed by atoms with Crippen LogP contribution in [0.15, 0.2) is 0 Å². The lowest BCUT2D eigenvalue weighted by Gasteiger charge is -2.20. The third kappa shape index (κ3) is 1.13. The molecule has 0 radical (unpaired) electrons. The molecule has 3 atom stereocenters. The predicted molar refractivity (Wildman–Crippen MR) is 40.0 cm³/mol. The molecule has 0 aromatic rings. The number of hydrogen-bond donors (Lipinski definition) is 1. The van der Waals surface area contributed by atoms with E-state index in [1.54, 1.807) is 0 Å². The molecule has 0 aromatic carbocycles. The van der Waals surface area contributed by atoms with Gasteiger partial charge < -0.3 is 10.1 Å². The van der Waals surface area contributed by atoms with E-state index in [0.29, 0.717) is 5.92 Å². The van der Waals surface area contributed by atoms with Gasteiger partial charge in [0.25, 0.3) is 0 Å². The van der Waals surface area contributed by atoms with Crippen LogP contribution in [0.25, 0.3) is 0 Å². The number of methoxy groups -OCH3 is 1. The lowest BCUT2D eigenvalue weighted by molar-refractivity contribution is -0.144. The van der Waals surface area contributed by atoms with Crippen LogP contribution >= 0.6 is 0 Å². The van der Waals surface area contributed by atoms with Crippen molar-refractivity contribution in [1.29, 1.82) is 0 Å². The molecular formula is C8H13NO2. The number of carbonyl (C=O) groups is 1. The lowest BCUT2D eigenvalue weighted by atomic mass is 10.1. The number of carbonyl (C=O) groups excluding carboxylic acids is 1. The van der Waals surface area contributed by atoms with E-state index in [2.05, 4.69) is 10.1 Å². The summed E-state index contributed by atoms with van der Waals surface area (Å²) in [6, 6.07) is -0.00116. The number of hydrogen-bond acceptors (Lipinski definition) is 3. The van der Waals surface area contributed by atoms with Crippen LogP contribution in [0, 0.1) is 11.8 Å². The second kappa shape index (κ2) is 2.48. The van der Waals surface area contributed by atoms with E-state index in [1.807, 2.05) is 0 Å². The molecule has 3 heteroatoms. The summed E-state index contributed by atoms with van der Waals surface area (Å²) in [7, 11) is 1.45. The molecule has 1 saturated heterocycles. The summed E-state index contributed by atoms with van der Waals surface area (Å²) in [5.74, 6) is 1.30. The van der Waals surface area contributed by atoms with Crippen LogP contribution in [-0.2, 0) is 9.53 Å². The molecule has 2 aliphatic rings. The van der Waals surface area contributed by atoms with Crippen molar-refractivity contribution in [3.63, 3.8) is 0 Å². The molecule has 1 N–H and O–H groups in total. The zero-order chi connectivity index (χ0) is 7.84. The fraction of sp³-hybridized carbons (Fsp3) is 0.875. The Hall–Kier alpha value is -0.570. The maximum Gasteiger partial charge on any atom is 0.323 e. The number of ether oxygens (including phenoxy) is 1. The first-order valence-electron chi connectivity index (χ1n) is 4.14. The van der Waals surface area contributed by atoms with Gasteiger partial charge in [-0.25, -0.2) is 0 Å². The van der Waals surface area contributed by atoms with Crippen molar-refractivity contribution in [1.82, 2.24) is 5.32 Å². The molecule has 1 aliphatic heterocycles. The van der Waals surface area contributed by atoms with Crippen LogP contribution in [0.5, 0.6) is 0 Å². The van der Waals surface area contributed by atoms with Crippen LogP contribution < -0.4 is 5.32 Å². The van der Waals surface area contributed by atoms with E-state index in [0.717, 1.165) is 12.5 Å². The van der Waals surface area contributed by atoms with Gasteiger partial charge in [-0.1, -0.05) is 0 Å². The van der Waals surface area contributed by atoms with Crippen molar-refractivity contribution >= 4 is 5.97 Å². The Bertz CT molecular complexity index is 181. The highest BCUT2D eigenvalue weighted by molar-refractivity contribution is 5.76. The Morgan fingerprint density at radius 1 is 1.64 bits per heavy atom. The minimum absolute atomic E-state index is 0.00116. The van der Waals surface area contributed by atoms with Crippen LogP contribution in [0.4, 0.5) is 0 Å². The summed E-state index contributed by atoms with van der Waals surface area (Å²) in [4.78, 5) is 11.1. The van der Waals surface area contributed by atoms with Gasteiger partial charge in [-0.15, -0.1) is 0 Å². The molecule has 0 bridgehead atoms. The highest BCUT2D eigenvalue weighted by Gasteiger charge is 2.48. The van der Waals surface area contributed by atoms with Gasteiger partial charge >= 0.3 is 5.97 Å². The quantitative estimate of drug-likeness (QED) is 0.548. The number of rotatable bonds is 1. The zero-order valence-corrected chi connectivity index (χ0v) is 6.67. The van der Waals surface area contributed by atoms with Crippen LogP contribution in [0.1, 0.15) is 12.8 Å². The molecule has 3 nitrogen and oxygen atoms in total. The van der Waals surface area contributed by atoms with Crippen LogP contribution in [-0.4, -0.2) is 25.7 Å². The normalized spacial score (nSPS) is 41.0. The molecule has 2 fully saturated rings. The fourth-order valence-electron chi connectivity index (χ4n) is 1.97. The molecule has 1 saturated carbocycles. The Balaban J connectivity index is 1.97. The average molecular weight is 155 g/mol. The average Bonchev–Trinajstić information content (AvgIpc) is 2.80. The van der Waals surface area contributed by atoms with Crippen molar-refractivity contribution in [2.75, 3.05) is 13.7 Å². The smallest absolute Gasteiger partial charge is 0.323 e. The lowest BCUT2D eigenvalue weighted by Crippen LogP contribution is -2.43. The number of nitrogens with one attached hydrogen (secondary N) is 1. The van der Waals surface area contributed by atoms with Crippen molar-refractivity contribution in [2.24, 2.45) is 11.8 Å². The number of esters is 1. The molecule has 0 aromatic heterocycles. The third-order valence-corrected chi connectivity index (χ3v) is 2.74. The summed E-state index contributed by atoms with van der Waals surface area (Å²) in [6.45, 7) is 0.973. The Labute approximate surface area is 66.1 Å². The van der Waals surface area contributed by atoms with E-state index >= 15 is 0 Å². The van der Waals surface area contributed by atoms with E-state index in [4.69, 9.17) is 0 Å². The standard InChI is InChI=1S/C8H13NO2/c1-11-8(10)7-6-4-5(6)2-3-9-7/h5-7,9H,2-4H2,1H3/t5-,6+,7+/m0/s1. The van der Waals surface area contributed by atoms with Crippen molar-refractivity contribution in [3.8, 4) is 0 Å². The first-order valence-corrected chi connectivity index (χ1v) is 4.14. The topological polar surface area (TPSA) is 38.3 Å². The third-order valence-electron chi connectivity index (χ3n) is 2.74. The first kappa shape index (κ1) is 7.10. The van der Waals surface area contributed by atoms with Gasteiger partial charge in [-0.05, 0) is 31.2 Å². The fourth-order valence-corrected chi connectivity index (χ4v) is 1.97. The molecule has 2 rings (SSSR count). The van der Waals surface area contributed by atoms with Gasteiger partial charge in [-0.2, -0.15) is 0 Å². The van der Waals surface area contributed by atoms with Crippen LogP contribution in [0.3, 0.4) is 0 Å². The van der Waals surface area contributed by atoms with Crippen molar-refractivity contribution < 1.29 is 9.53 Å². The van der Waals surface area contributed by atoms with E-state index in [1.165, 1.54) is 20.0 Å². The van der Waals surface area contributed by atoms with E-state index < -0.39 is 0 Å². The van der Waals surface area contributed by atoms with Crippen LogP contribution in [0.2, 0.25) is 0 Å². The number of piperidine rings is 1. The largest absolute Gasteiger partial charge is 0.468 e. The van der Waals surface area contributed by atoms with Gasteiger partial charge in [0.2, 0.25) is 0 Å². The molecule has 1 heterocycles. The monoisotopic (exact) mass is 155 g/mol. The van der Waals surface area contributed by atoms with E-state index in [-0.39, 0.29) is 12.0 Å². The second-order valence-corrected chi connectivity index (χ2v) is 3.40. The van der Waals surface area contributed by atoms with Crippen molar-refractivity contribution in [3.05, 3.63) is 0 Å². The molecule has 62 valence electrons. The Morgan fingerprint density at radius 3 is 3.18 bits per heavy atom. The molecule has 1 aliphatic carbocycles. The first-order chi connectivity index (χ1) is 5.33. The minimum atomic E-state index is -0.0859. The summed E-state index contributed by atoms with van der Waals surface area (Å²) in [5, 5.41) is 3.19. The molecule has 11 heavy (non-hydrogen) atoms. The highest BCUT2D eigenvalue weighted by atomic mass is 16.5.